The van der Waals surface area contributed by atoms with Gasteiger partial charge in [-0.05, 0) is 61.6 Å². The number of halogens is 1. The lowest BCUT2D eigenvalue weighted by Gasteiger charge is -2.29. The molecule has 0 unspecified atom stereocenters. The van der Waals surface area contributed by atoms with Gasteiger partial charge in [0.2, 0.25) is 5.91 Å². The SMILES string of the molecule is O=C(Cc1ccc(S(=O)(=O)N2CCCC2)s1)N1CCCc2cc(Br)ccc21. The minimum atomic E-state index is -3.41. The van der Waals surface area contributed by atoms with Gasteiger partial charge in [0.1, 0.15) is 4.21 Å². The number of carbonyl (C=O) groups excluding carboxylic acids is 1. The molecule has 27 heavy (non-hydrogen) atoms. The van der Waals surface area contributed by atoms with Crippen molar-refractivity contribution in [2.75, 3.05) is 24.5 Å². The van der Waals surface area contributed by atoms with Gasteiger partial charge in [-0.25, -0.2) is 8.42 Å². The zero-order valence-electron chi connectivity index (χ0n) is 14.9. The molecule has 1 fully saturated rings. The lowest BCUT2D eigenvalue weighted by Crippen LogP contribution is -2.36. The summed E-state index contributed by atoms with van der Waals surface area (Å²) >= 11 is 4.71. The number of amides is 1. The number of carbonyl (C=O) groups is 1. The van der Waals surface area contributed by atoms with Crippen molar-refractivity contribution in [2.45, 2.75) is 36.3 Å². The third-order valence-electron chi connectivity index (χ3n) is 5.08. The van der Waals surface area contributed by atoms with Gasteiger partial charge in [-0.3, -0.25) is 4.79 Å². The summed E-state index contributed by atoms with van der Waals surface area (Å²) in [5.74, 6) is 0.0187. The first-order valence-corrected chi connectivity index (χ1v) is 12.2. The highest BCUT2D eigenvalue weighted by atomic mass is 79.9. The number of hydrogen-bond acceptors (Lipinski definition) is 4. The summed E-state index contributed by atoms with van der Waals surface area (Å²) < 4.78 is 28.2. The van der Waals surface area contributed by atoms with Crippen molar-refractivity contribution < 1.29 is 13.2 Å². The third-order valence-corrected chi connectivity index (χ3v) is 9.03. The standard InChI is InChI=1S/C19H21BrN2O3S2/c20-15-5-7-17-14(12-15)4-3-11-22(17)18(23)13-16-6-8-19(26-16)27(24,25)21-9-1-2-10-21/h5-8,12H,1-4,9-11,13H2. The molecular formula is C19H21BrN2O3S2. The number of thiophene rings is 1. The van der Waals surface area contributed by atoms with E-state index >= 15 is 0 Å². The zero-order chi connectivity index (χ0) is 19.0. The molecule has 0 spiro atoms. The van der Waals surface area contributed by atoms with E-state index < -0.39 is 10.0 Å². The van der Waals surface area contributed by atoms with Gasteiger partial charge in [-0.2, -0.15) is 4.31 Å². The Morgan fingerprint density at radius 3 is 2.63 bits per heavy atom. The fourth-order valence-corrected chi connectivity index (χ4v) is 7.14. The van der Waals surface area contributed by atoms with Crippen LogP contribution < -0.4 is 4.90 Å². The zero-order valence-corrected chi connectivity index (χ0v) is 18.1. The highest BCUT2D eigenvalue weighted by Crippen LogP contribution is 2.32. The summed E-state index contributed by atoms with van der Waals surface area (Å²) in [6.45, 7) is 1.89. The minimum absolute atomic E-state index is 0.0187. The monoisotopic (exact) mass is 468 g/mol. The molecule has 0 saturated carbocycles. The maximum atomic E-state index is 12.9. The van der Waals surface area contributed by atoms with Gasteiger partial charge in [-0.15, -0.1) is 11.3 Å². The quantitative estimate of drug-likeness (QED) is 0.684. The predicted octanol–water partition coefficient (Wildman–Crippen LogP) is 3.82. The van der Waals surface area contributed by atoms with Crippen LogP contribution in [0, 0.1) is 0 Å². The fraction of sp³-hybridized carbons (Fsp3) is 0.421. The number of sulfonamides is 1. The van der Waals surface area contributed by atoms with Crippen molar-refractivity contribution in [3.8, 4) is 0 Å². The Labute approximate surface area is 172 Å². The van der Waals surface area contributed by atoms with Gasteiger partial charge in [0.15, 0.2) is 0 Å². The number of benzene rings is 1. The van der Waals surface area contributed by atoms with Gasteiger partial charge in [-0.1, -0.05) is 15.9 Å². The number of fused-ring (bicyclic) bond motifs is 1. The van der Waals surface area contributed by atoms with Crippen LogP contribution in [0.3, 0.4) is 0 Å². The Hall–Kier alpha value is -1.22. The Bertz CT molecular complexity index is 965. The molecule has 1 saturated heterocycles. The van der Waals surface area contributed by atoms with E-state index in [0.717, 1.165) is 40.7 Å². The first-order valence-electron chi connectivity index (χ1n) is 9.13. The largest absolute Gasteiger partial charge is 0.312 e. The molecule has 0 radical (unpaired) electrons. The number of anilines is 1. The van der Waals surface area contributed by atoms with Crippen LogP contribution in [0.4, 0.5) is 5.69 Å². The van der Waals surface area contributed by atoms with Gasteiger partial charge in [0.05, 0.1) is 6.42 Å². The molecule has 2 aromatic rings. The van der Waals surface area contributed by atoms with Crippen molar-refractivity contribution in [3.63, 3.8) is 0 Å². The molecule has 1 aromatic heterocycles. The van der Waals surface area contributed by atoms with Gasteiger partial charge in [0.25, 0.3) is 10.0 Å². The van der Waals surface area contributed by atoms with E-state index in [0.29, 0.717) is 23.8 Å². The van der Waals surface area contributed by atoms with E-state index in [1.54, 1.807) is 16.4 Å². The number of aryl methyl sites for hydroxylation is 1. The molecule has 144 valence electrons. The van der Waals surface area contributed by atoms with Crippen LogP contribution in [0.15, 0.2) is 39.0 Å². The second kappa shape index (κ2) is 7.66. The van der Waals surface area contributed by atoms with E-state index in [1.165, 1.54) is 16.9 Å². The van der Waals surface area contributed by atoms with Gasteiger partial charge >= 0.3 is 0 Å². The smallest absolute Gasteiger partial charge is 0.252 e. The average Bonchev–Trinajstić information content (AvgIpc) is 3.33. The van der Waals surface area contributed by atoms with Gasteiger partial charge < -0.3 is 4.90 Å². The summed E-state index contributed by atoms with van der Waals surface area (Å²) in [7, 11) is -3.41. The summed E-state index contributed by atoms with van der Waals surface area (Å²) in [6, 6.07) is 9.42. The van der Waals surface area contributed by atoms with Crippen LogP contribution >= 0.6 is 27.3 Å². The third kappa shape index (κ3) is 3.85. The topological polar surface area (TPSA) is 57.7 Å². The Morgan fingerprint density at radius 1 is 1.07 bits per heavy atom. The lowest BCUT2D eigenvalue weighted by molar-refractivity contribution is -0.118. The number of nitrogens with zero attached hydrogens (tertiary/aromatic N) is 2. The van der Waals surface area contributed by atoms with Crippen LogP contribution in [-0.2, 0) is 27.7 Å². The molecule has 2 aliphatic rings. The molecule has 2 aliphatic heterocycles. The van der Waals surface area contributed by atoms with E-state index in [9.17, 15) is 13.2 Å². The van der Waals surface area contributed by atoms with Crippen LogP contribution in [-0.4, -0.2) is 38.3 Å². The summed E-state index contributed by atoms with van der Waals surface area (Å²) in [5, 5.41) is 0. The van der Waals surface area contributed by atoms with E-state index in [-0.39, 0.29) is 12.3 Å². The highest BCUT2D eigenvalue weighted by molar-refractivity contribution is 9.10. The van der Waals surface area contributed by atoms with E-state index in [4.69, 9.17) is 0 Å². The van der Waals surface area contributed by atoms with Crippen LogP contribution in [0.5, 0.6) is 0 Å². The van der Waals surface area contributed by atoms with Gasteiger partial charge in [0, 0.05) is 34.7 Å². The van der Waals surface area contributed by atoms with Crippen LogP contribution in [0.1, 0.15) is 29.7 Å². The van der Waals surface area contributed by atoms with E-state index in [2.05, 4.69) is 22.0 Å². The Morgan fingerprint density at radius 2 is 1.85 bits per heavy atom. The maximum Gasteiger partial charge on any atom is 0.252 e. The number of hydrogen-bond donors (Lipinski definition) is 0. The molecule has 4 rings (SSSR count). The average molecular weight is 469 g/mol. The van der Waals surface area contributed by atoms with Crippen molar-refractivity contribution in [2.24, 2.45) is 0 Å². The molecule has 0 bridgehead atoms. The maximum absolute atomic E-state index is 12.9. The van der Waals surface area contributed by atoms with Crippen LogP contribution in [0.25, 0.3) is 0 Å². The van der Waals surface area contributed by atoms with Crippen molar-refractivity contribution in [3.05, 3.63) is 45.2 Å². The molecule has 8 heteroatoms. The lowest BCUT2D eigenvalue weighted by atomic mass is 10.0. The Balaban J connectivity index is 1.51. The summed E-state index contributed by atoms with van der Waals surface area (Å²) in [6.07, 6.45) is 3.97. The van der Waals surface area contributed by atoms with Crippen molar-refractivity contribution in [1.82, 2.24) is 4.31 Å². The van der Waals surface area contributed by atoms with Crippen molar-refractivity contribution in [1.29, 1.82) is 0 Å². The fourth-order valence-electron chi connectivity index (χ4n) is 3.72. The predicted molar refractivity (Wildman–Crippen MR) is 111 cm³/mol. The molecular weight excluding hydrogens is 448 g/mol. The molecule has 0 atom stereocenters. The molecule has 5 nitrogen and oxygen atoms in total. The second-order valence-electron chi connectivity index (χ2n) is 6.93. The Kier molecular flexibility index (Phi) is 5.42. The summed E-state index contributed by atoms with van der Waals surface area (Å²) in [4.78, 5) is 15.5. The molecule has 0 N–H and O–H groups in total. The molecule has 3 heterocycles. The second-order valence-corrected chi connectivity index (χ2v) is 11.2. The molecule has 1 amide bonds. The molecule has 0 aliphatic carbocycles. The molecule has 1 aromatic carbocycles. The highest BCUT2D eigenvalue weighted by Gasteiger charge is 2.29. The van der Waals surface area contributed by atoms with Crippen molar-refractivity contribution >= 4 is 48.9 Å². The van der Waals surface area contributed by atoms with E-state index in [1.807, 2.05) is 17.0 Å². The summed E-state index contributed by atoms with van der Waals surface area (Å²) in [5.41, 5.74) is 2.14. The minimum Gasteiger partial charge on any atom is -0.312 e. The van der Waals surface area contributed by atoms with Crippen LogP contribution in [0.2, 0.25) is 0 Å². The first kappa shape index (κ1) is 19.1. The number of rotatable bonds is 4. The normalized spacial score (nSPS) is 17.9. The first-order chi connectivity index (χ1) is 12.9.